The van der Waals surface area contributed by atoms with Crippen molar-refractivity contribution in [3.8, 4) is 28.1 Å². The summed E-state index contributed by atoms with van der Waals surface area (Å²) >= 11 is 3.08. The molecule has 6 aromatic rings. The molecule has 0 amide bonds. The molecule has 7 rings (SSSR count). The molecular formula is C33H34N4O5S2. The van der Waals surface area contributed by atoms with Crippen LogP contribution in [-0.2, 0) is 16.8 Å². The molecule has 11 heteroatoms. The van der Waals surface area contributed by atoms with Crippen LogP contribution in [0.5, 0.6) is 16.7 Å². The number of hydrogen-bond donors (Lipinski definition) is 0. The minimum Gasteiger partial charge on any atom is -0.496 e. The van der Waals surface area contributed by atoms with Crippen molar-refractivity contribution >= 4 is 38.6 Å². The second-order valence-corrected chi connectivity index (χ2v) is 12.9. The minimum atomic E-state index is -0.162. The summed E-state index contributed by atoms with van der Waals surface area (Å²) in [6.07, 6.45) is 4.76. The molecule has 0 radical (unpaired) electrons. The van der Waals surface area contributed by atoms with E-state index >= 15 is 0 Å². The van der Waals surface area contributed by atoms with E-state index in [9.17, 15) is 0 Å². The van der Waals surface area contributed by atoms with E-state index in [-0.39, 0.29) is 5.41 Å². The van der Waals surface area contributed by atoms with Crippen LogP contribution in [0.1, 0.15) is 60.9 Å². The molecule has 228 valence electrons. The van der Waals surface area contributed by atoms with E-state index in [1.807, 2.05) is 24.4 Å². The number of aromatic nitrogens is 4. The van der Waals surface area contributed by atoms with E-state index in [2.05, 4.69) is 53.6 Å². The van der Waals surface area contributed by atoms with Crippen molar-refractivity contribution in [3.63, 3.8) is 0 Å². The van der Waals surface area contributed by atoms with Gasteiger partial charge in [0, 0.05) is 30.7 Å². The van der Waals surface area contributed by atoms with Gasteiger partial charge in [-0.3, -0.25) is 0 Å². The van der Waals surface area contributed by atoms with Gasteiger partial charge in [0.1, 0.15) is 34.4 Å². The highest BCUT2D eigenvalue weighted by Crippen LogP contribution is 2.44. The summed E-state index contributed by atoms with van der Waals surface area (Å²) in [6.45, 7) is 6.30. The zero-order chi connectivity index (χ0) is 30.3. The van der Waals surface area contributed by atoms with Gasteiger partial charge < -0.3 is 23.4 Å². The summed E-state index contributed by atoms with van der Waals surface area (Å²) in [7, 11) is 3.23. The Morgan fingerprint density at radius 2 is 1.93 bits per heavy atom. The van der Waals surface area contributed by atoms with Gasteiger partial charge in [0.15, 0.2) is 5.76 Å². The number of hydrogen-bond acceptors (Lipinski definition) is 10. The number of ether oxygens (including phenoxy) is 4. The van der Waals surface area contributed by atoms with Crippen molar-refractivity contribution < 1.29 is 23.4 Å². The Kier molecular flexibility index (Phi) is 7.77. The SMILES string of the molecule is CCC(C)c1cccc(C2(c3nc(COc4cc(OC)cc5oc(-c6cn7nc(OC)sc7n6)cc45)cs3)CCOCC2)c1. The number of fused-ring (bicyclic) bond motifs is 2. The zero-order valence-electron chi connectivity index (χ0n) is 25.2. The van der Waals surface area contributed by atoms with Crippen LogP contribution in [0.4, 0.5) is 0 Å². The molecule has 1 fully saturated rings. The first kappa shape index (κ1) is 28.8. The molecule has 5 heterocycles. The van der Waals surface area contributed by atoms with Crippen LogP contribution in [0.15, 0.2) is 58.5 Å². The summed E-state index contributed by atoms with van der Waals surface area (Å²) in [5.74, 6) is 2.44. The quantitative estimate of drug-likeness (QED) is 0.151. The number of thiazole rings is 1. The van der Waals surface area contributed by atoms with E-state index < -0.39 is 0 Å². The monoisotopic (exact) mass is 630 g/mol. The third-order valence-electron chi connectivity index (χ3n) is 8.56. The van der Waals surface area contributed by atoms with Crippen molar-refractivity contribution in [2.45, 2.75) is 51.0 Å². The van der Waals surface area contributed by atoms with Gasteiger partial charge in [-0.05, 0) is 53.7 Å². The molecule has 0 spiro atoms. The Balaban J connectivity index is 1.17. The number of imidazole rings is 1. The van der Waals surface area contributed by atoms with E-state index in [1.165, 1.54) is 22.5 Å². The highest BCUT2D eigenvalue weighted by molar-refractivity contribution is 7.18. The standard InChI is InChI=1S/C33H34N4O5S2/c1-5-20(2)21-7-6-8-22(13-21)33(9-11-40-12-10-33)30-34-23(19-43-30)18-41-27-14-24(38-3)15-28-25(27)16-29(42-28)26-17-37-31(35-26)44-32(36-37)39-4/h6-8,13-17,19-20H,5,9-12,18H2,1-4H3. The van der Waals surface area contributed by atoms with E-state index in [1.54, 1.807) is 30.1 Å². The fourth-order valence-corrected chi connectivity index (χ4v) is 7.58. The molecule has 2 aromatic carbocycles. The lowest BCUT2D eigenvalue weighted by Crippen LogP contribution is -2.35. The normalized spacial score (nSPS) is 15.5. The van der Waals surface area contributed by atoms with Crippen molar-refractivity contribution in [1.29, 1.82) is 0 Å². The first-order valence-electron chi connectivity index (χ1n) is 14.8. The lowest BCUT2D eigenvalue weighted by atomic mass is 9.73. The maximum absolute atomic E-state index is 6.40. The molecule has 0 bridgehead atoms. The molecule has 1 atom stereocenters. The van der Waals surface area contributed by atoms with Gasteiger partial charge in [-0.15, -0.1) is 16.4 Å². The molecule has 1 saturated heterocycles. The number of nitrogens with zero attached hydrogens (tertiary/aromatic N) is 4. The highest BCUT2D eigenvalue weighted by Gasteiger charge is 2.39. The van der Waals surface area contributed by atoms with Crippen molar-refractivity contribution in [2.24, 2.45) is 0 Å². The van der Waals surface area contributed by atoms with Gasteiger partial charge in [0.05, 0.1) is 36.9 Å². The molecule has 4 aromatic heterocycles. The van der Waals surface area contributed by atoms with Crippen molar-refractivity contribution in [2.75, 3.05) is 27.4 Å². The van der Waals surface area contributed by atoms with Crippen LogP contribution in [-0.4, -0.2) is 47.0 Å². The fourth-order valence-electron chi connectivity index (χ4n) is 5.80. The Morgan fingerprint density at radius 3 is 2.70 bits per heavy atom. The van der Waals surface area contributed by atoms with Crippen LogP contribution >= 0.6 is 22.7 Å². The first-order chi connectivity index (χ1) is 21.5. The summed E-state index contributed by atoms with van der Waals surface area (Å²) < 4.78 is 30.9. The van der Waals surface area contributed by atoms with E-state index in [4.69, 9.17) is 28.3 Å². The molecule has 1 aliphatic heterocycles. The lowest BCUT2D eigenvalue weighted by molar-refractivity contribution is 0.0629. The highest BCUT2D eigenvalue weighted by atomic mass is 32.1. The third-order valence-corrected chi connectivity index (χ3v) is 10.5. The molecule has 0 aliphatic carbocycles. The van der Waals surface area contributed by atoms with Gasteiger partial charge in [-0.1, -0.05) is 38.1 Å². The fraction of sp³-hybridized carbons (Fsp3) is 0.364. The minimum absolute atomic E-state index is 0.162. The van der Waals surface area contributed by atoms with Crippen LogP contribution in [0.2, 0.25) is 0 Å². The largest absolute Gasteiger partial charge is 0.496 e. The average Bonchev–Trinajstić information content (AvgIpc) is 3.86. The number of methoxy groups -OCH3 is 2. The average molecular weight is 631 g/mol. The van der Waals surface area contributed by atoms with Crippen LogP contribution < -0.4 is 14.2 Å². The summed E-state index contributed by atoms with van der Waals surface area (Å²) in [5, 5.41) is 8.98. The van der Waals surface area contributed by atoms with Gasteiger partial charge in [0.2, 0.25) is 4.96 Å². The Morgan fingerprint density at radius 1 is 1.07 bits per heavy atom. The maximum Gasteiger partial charge on any atom is 0.294 e. The number of furan rings is 1. The maximum atomic E-state index is 6.40. The van der Waals surface area contributed by atoms with Crippen molar-refractivity contribution in [1.82, 2.24) is 19.6 Å². The first-order valence-corrected chi connectivity index (χ1v) is 16.5. The second-order valence-electron chi connectivity index (χ2n) is 11.1. The van der Waals surface area contributed by atoms with Gasteiger partial charge >= 0.3 is 0 Å². The number of rotatable bonds is 10. The van der Waals surface area contributed by atoms with Gasteiger partial charge in [-0.2, -0.15) is 0 Å². The van der Waals surface area contributed by atoms with Crippen molar-refractivity contribution in [3.05, 3.63) is 75.9 Å². The topological polar surface area (TPSA) is 93.1 Å². The molecule has 9 nitrogen and oxygen atoms in total. The summed E-state index contributed by atoms with van der Waals surface area (Å²) in [5.41, 5.74) is 4.76. The third kappa shape index (κ3) is 5.22. The Labute approximate surface area is 263 Å². The lowest BCUT2D eigenvalue weighted by Gasteiger charge is -2.36. The van der Waals surface area contributed by atoms with E-state index in [0.717, 1.165) is 53.5 Å². The zero-order valence-corrected chi connectivity index (χ0v) is 26.8. The molecule has 44 heavy (non-hydrogen) atoms. The Bertz CT molecular complexity index is 1880. The smallest absolute Gasteiger partial charge is 0.294 e. The number of benzene rings is 2. The van der Waals surface area contributed by atoms with Crippen LogP contribution in [0.3, 0.4) is 0 Å². The second kappa shape index (κ2) is 11.9. The van der Waals surface area contributed by atoms with Crippen LogP contribution in [0.25, 0.3) is 27.4 Å². The summed E-state index contributed by atoms with van der Waals surface area (Å²) in [6, 6.07) is 14.8. The molecular weight excluding hydrogens is 597 g/mol. The molecule has 1 aliphatic rings. The predicted octanol–water partition coefficient (Wildman–Crippen LogP) is 7.87. The molecule has 1 unspecified atom stereocenters. The summed E-state index contributed by atoms with van der Waals surface area (Å²) in [4.78, 5) is 10.5. The van der Waals surface area contributed by atoms with Gasteiger partial charge in [-0.25, -0.2) is 14.5 Å². The molecule has 0 saturated carbocycles. The predicted molar refractivity (Wildman–Crippen MR) is 172 cm³/mol. The van der Waals surface area contributed by atoms with Gasteiger partial charge in [0.25, 0.3) is 5.19 Å². The van der Waals surface area contributed by atoms with Crippen LogP contribution in [0, 0.1) is 0 Å². The Hall–Kier alpha value is -3.93. The van der Waals surface area contributed by atoms with E-state index in [0.29, 0.717) is 46.3 Å². The molecule has 0 N–H and O–H groups in total.